The number of aryl methyl sites for hydroxylation is 1. The molecule has 0 bridgehead atoms. The van der Waals surface area contributed by atoms with Crippen molar-refractivity contribution in [1.29, 1.82) is 0 Å². The number of benzene rings is 1. The van der Waals surface area contributed by atoms with Crippen molar-refractivity contribution in [2.45, 2.75) is 6.92 Å². The number of carbonyl (C=O) groups excluding carboxylic acids is 1. The predicted octanol–water partition coefficient (Wildman–Crippen LogP) is 1.85. The van der Waals surface area contributed by atoms with Gasteiger partial charge >= 0.3 is 0 Å². The molecule has 0 saturated heterocycles. The molecule has 7 nitrogen and oxygen atoms in total. The van der Waals surface area contributed by atoms with E-state index in [9.17, 15) is 19.7 Å². The van der Waals surface area contributed by atoms with Crippen LogP contribution in [-0.4, -0.2) is 15.4 Å². The zero-order chi connectivity index (χ0) is 15.6. The van der Waals surface area contributed by atoms with Crippen molar-refractivity contribution in [1.82, 2.24) is 4.57 Å². The van der Waals surface area contributed by atoms with Gasteiger partial charge in [-0.3, -0.25) is 19.7 Å². The zero-order valence-corrected chi connectivity index (χ0v) is 11.5. The van der Waals surface area contributed by atoms with Crippen LogP contribution >= 0.6 is 0 Å². The van der Waals surface area contributed by atoms with Crippen LogP contribution in [0, 0.1) is 17.0 Å². The third-order valence-corrected chi connectivity index (χ3v) is 3.12. The summed E-state index contributed by atoms with van der Waals surface area (Å²) in [6.07, 6.45) is 1.57. The second kappa shape index (κ2) is 5.58. The Labute approximate surface area is 120 Å². The monoisotopic (exact) mass is 287 g/mol. The molecule has 0 aliphatic rings. The van der Waals surface area contributed by atoms with E-state index < -0.39 is 10.8 Å². The van der Waals surface area contributed by atoms with Crippen molar-refractivity contribution in [3.05, 3.63) is 68.1 Å². The van der Waals surface area contributed by atoms with Crippen LogP contribution in [0.3, 0.4) is 0 Å². The summed E-state index contributed by atoms with van der Waals surface area (Å²) in [6, 6.07) is 7.34. The van der Waals surface area contributed by atoms with Gasteiger partial charge in [0.1, 0.15) is 5.69 Å². The maximum absolute atomic E-state index is 12.2. The number of pyridine rings is 1. The van der Waals surface area contributed by atoms with Crippen LogP contribution < -0.4 is 10.9 Å². The van der Waals surface area contributed by atoms with E-state index >= 15 is 0 Å². The molecule has 2 rings (SSSR count). The van der Waals surface area contributed by atoms with Crippen LogP contribution in [0.25, 0.3) is 0 Å². The highest BCUT2D eigenvalue weighted by atomic mass is 16.6. The standard InChI is InChI=1S/C14H13N3O4/c1-9-10(5-3-7-12(9)17(20)21)13(18)15-11-6-4-8-16(2)14(11)19/h3-8H,1-2H3,(H,15,18). The summed E-state index contributed by atoms with van der Waals surface area (Å²) in [5.41, 5.74) is 0.0521. The second-order valence-corrected chi connectivity index (χ2v) is 4.50. The van der Waals surface area contributed by atoms with E-state index in [-0.39, 0.29) is 28.1 Å². The summed E-state index contributed by atoms with van der Waals surface area (Å²) in [7, 11) is 1.57. The fourth-order valence-electron chi connectivity index (χ4n) is 1.95. The van der Waals surface area contributed by atoms with Crippen molar-refractivity contribution >= 4 is 17.3 Å². The Hall–Kier alpha value is -2.96. The van der Waals surface area contributed by atoms with Crippen LogP contribution in [0.4, 0.5) is 11.4 Å². The first-order valence-electron chi connectivity index (χ1n) is 6.13. The Morgan fingerprint density at radius 1 is 1.29 bits per heavy atom. The van der Waals surface area contributed by atoms with Crippen molar-refractivity contribution in [3.63, 3.8) is 0 Å². The number of hydrogen-bond donors (Lipinski definition) is 1. The van der Waals surface area contributed by atoms with Crippen molar-refractivity contribution < 1.29 is 9.72 Å². The molecule has 1 heterocycles. The third-order valence-electron chi connectivity index (χ3n) is 3.12. The minimum atomic E-state index is -0.556. The third kappa shape index (κ3) is 2.81. The predicted molar refractivity (Wildman–Crippen MR) is 77.5 cm³/mol. The molecule has 0 atom stereocenters. The van der Waals surface area contributed by atoms with Crippen LogP contribution in [0.15, 0.2) is 41.3 Å². The van der Waals surface area contributed by atoms with Crippen LogP contribution in [0.2, 0.25) is 0 Å². The Balaban J connectivity index is 2.38. The van der Waals surface area contributed by atoms with E-state index in [0.29, 0.717) is 0 Å². The highest BCUT2D eigenvalue weighted by Gasteiger charge is 2.18. The van der Waals surface area contributed by atoms with E-state index in [1.165, 1.54) is 35.8 Å². The molecule has 0 saturated carbocycles. The van der Waals surface area contributed by atoms with Gasteiger partial charge in [0.05, 0.1) is 4.92 Å². The molecule has 0 spiro atoms. The topological polar surface area (TPSA) is 94.2 Å². The molecule has 0 aliphatic heterocycles. The highest BCUT2D eigenvalue weighted by molar-refractivity contribution is 6.05. The van der Waals surface area contributed by atoms with E-state index in [4.69, 9.17) is 0 Å². The van der Waals surface area contributed by atoms with Gasteiger partial charge in [-0.05, 0) is 25.1 Å². The zero-order valence-electron chi connectivity index (χ0n) is 11.5. The maximum atomic E-state index is 12.2. The number of nitro groups is 1. The molecule has 0 aliphatic carbocycles. The van der Waals surface area contributed by atoms with Gasteiger partial charge in [-0.15, -0.1) is 0 Å². The first-order chi connectivity index (χ1) is 9.91. The number of aromatic nitrogens is 1. The molecule has 0 radical (unpaired) electrons. The Morgan fingerprint density at radius 2 is 2.00 bits per heavy atom. The van der Waals surface area contributed by atoms with Gasteiger partial charge in [-0.1, -0.05) is 6.07 Å². The first-order valence-corrected chi connectivity index (χ1v) is 6.13. The number of carbonyl (C=O) groups is 1. The van der Waals surface area contributed by atoms with E-state index in [0.717, 1.165) is 0 Å². The molecule has 21 heavy (non-hydrogen) atoms. The summed E-state index contributed by atoms with van der Waals surface area (Å²) >= 11 is 0. The van der Waals surface area contributed by atoms with Gasteiger partial charge in [-0.25, -0.2) is 0 Å². The molecule has 1 amide bonds. The average molecular weight is 287 g/mol. The molecule has 2 aromatic rings. The minimum absolute atomic E-state index is 0.121. The fourth-order valence-corrected chi connectivity index (χ4v) is 1.95. The smallest absolute Gasteiger partial charge is 0.274 e. The molecule has 1 N–H and O–H groups in total. The molecule has 1 aromatic heterocycles. The Kier molecular flexibility index (Phi) is 3.84. The lowest BCUT2D eigenvalue weighted by atomic mass is 10.1. The van der Waals surface area contributed by atoms with Gasteiger partial charge in [-0.2, -0.15) is 0 Å². The lowest BCUT2D eigenvalue weighted by Crippen LogP contribution is -2.24. The van der Waals surface area contributed by atoms with Crippen LogP contribution in [0.5, 0.6) is 0 Å². The number of anilines is 1. The number of hydrogen-bond acceptors (Lipinski definition) is 4. The molecular weight excluding hydrogens is 274 g/mol. The lowest BCUT2D eigenvalue weighted by Gasteiger charge is -2.08. The highest BCUT2D eigenvalue weighted by Crippen LogP contribution is 2.21. The average Bonchev–Trinajstić information content (AvgIpc) is 2.43. The van der Waals surface area contributed by atoms with E-state index in [2.05, 4.69) is 5.32 Å². The summed E-state index contributed by atoms with van der Waals surface area (Å²) in [6.45, 7) is 1.50. The SMILES string of the molecule is Cc1c(C(=O)Nc2cccn(C)c2=O)cccc1[N+](=O)[O-]. The summed E-state index contributed by atoms with van der Waals surface area (Å²) in [5, 5.41) is 13.4. The van der Waals surface area contributed by atoms with Gasteiger partial charge in [0.15, 0.2) is 0 Å². The van der Waals surface area contributed by atoms with Gasteiger partial charge in [0.2, 0.25) is 0 Å². The number of nitro benzene ring substituents is 1. The summed E-state index contributed by atoms with van der Waals surface area (Å²) in [4.78, 5) is 34.4. The normalized spacial score (nSPS) is 10.2. The summed E-state index contributed by atoms with van der Waals surface area (Å²) < 4.78 is 1.33. The number of rotatable bonds is 3. The van der Waals surface area contributed by atoms with Gasteiger partial charge in [0.25, 0.3) is 17.2 Å². The van der Waals surface area contributed by atoms with E-state index in [1.54, 1.807) is 19.3 Å². The fraction of sp³-hybridized carbons (Fsp3) is 0.143. The number of nitrogens with one attached hydrogen (secondary N) is 1. The van der Waals surface area contributed by atoms with Gasteiger partial charge in [0, 0.05) is 30.4 Å². The van der Waals surface area contributed by atoms with Crippen molar-refractivity contribution in [3.8, 4) is 0 Å². The van der Waals surface area contributed by atoms with E-state index in [1.807, 2.05) is 0 Å². The second-order valence-electron chi connectivity index (χ2n) is 4.50. The van der Waals surface area contributed by atoms with Crippen molar-refractivity contribution in [2.24, 2.45) is 7.05 Å². The largest absolute Gasteiger partial charge is 0.317 e. The molecule has 7 heteroatoms. The molecule has 1 aromatic carbocycles. The Bertz CT molecular complexity index is 780. The van der Waals surface area contributed by atoms with Crippen LogP contribution in [0.1, 0.15) is 15.9 Å². The summed E-state index contributed by atoms with van der Waals surface area (Å²) in [5.74, 6) is -0.556. The maximum Gasteiger partial charge on any atom is 0.274 e. The van der Waals surface area contributed by atoms with Crippen molar-refractivity contribution in [2.75, 3.05) is 5.32 Å². The van der Waals surface area contributed by atoms with Gasteiger partial charge < -0.3 is 9.88 Å². The minimum Gasteiger partial charge on any atom is -0.317 e. The molecular formula is C14H13N3O4. The van der Waals surface area contributed by atoms with Crippen LogP contribution in [-0.2, 0) is 7.05 Å². The first kappa shape index (κ1) is 14.4. The molecule has 0 fully saturated rings. The number of nitrogens with zero attached hydrogens (tertiary/aromatic N) is 2. The quantitative estimate of drug-likeness (QED) is 0.688. The molecule has 0 unspecified atom stereocenters. The number of amides is 1. The molecule has 108 valence electrons. The Morgan fingerprint density at radius 3 is 2.67 bits per heavy atom. The lowest BCUT2D eigenvalue weighted by molar-refractivity contribution is -0.385.